The van der Waals surface area contributed by atoms with Gasteiger partial charge in [-0.3, -0.25) is 4.57 Å². The molecule has 0 aliphatic rings. The first-order valence-electron chi connectivity index (χ1n) is 5.32. The van der Waals surface area contributed by atoms with Crippen molar-refractivity contribution in [3.8, 4) is 5.69 Å². The number of pyridine rings is 1. The molecule has 2 aromatic heterocycles. The maximum atomic E-state index is 14.0. The highest BCUT2D eigenvalue weighted by molar-refractivity contribution is 9.10. The van der Waals surface area contributed by atoms with Gasteiger partial charge in [0.2, 0.25) is 5.95 Å². The minimum Gasteiger partial charge on any atom is -0.369 e. The summed E-state index contributed by atoms with van der Waals surface area (Å²) in [5, 5.41) is 0.449. The van der Waals surface area contributed by atoms with E-state index in [1.54, 1.807) is 18.2 Å². The number of imidazole rings is 1. The molecule has 2 heterocycles. The minimum atomic E-state index is -0.419. The molecular formula is C12H7BrClFN4. The fraction of sp³-hybridized carbons (Fsp3) is 0. The van der Waals surface area contributed by atoms with E-state index in [2.05, 4.69) is 25.9 Å². The summed E-state index contributed by atoms with van der Waals surface area (Å²) < 4.78 is 16.0. The van der Waals surface area contributed by atoms with Crippen molar-refractivity contribution >= 4 is 44.6 Å². The highest BCUT2D eigenvalue weighted by Gasteiger charge is 2.17. The quantitative estimate of drug-likeness (QED) is 0.736. The van der Waals surface area contributed by atoms with Crippen molar-refractivity contribution in [3.05, 3.63) is 45.8 Å². The van der Waals surface area contributed by atoms with Gasteiger partial charge in [-0.2, -0.15) is 0 Å². The second kappa shape index (κ2) is 4.47. The zero-order valence-corrected chi connectivity index (χ0v) is 11.8. The first-order valence-corrected chi connectivity index (χ1v) is 6.49. The second-order valence-corrected chi connectivity index (χ2v) is 5.16. The molecule has 0 saturated heterocycles. The van der Waals surface area contributed by atoms with Crippen LogP contribution in [0.5, 0.6) is 0 Å². The summed E-state index contributed by atoms with van der Waals surface area (Å²) in [4.78, 5) is 8.30. The van der Waals surface area contributed by atoms with Crippen LogP contribution in [0.25, 0.3) is 16.9 Å². The number of para-hydroxylation sites is 1. The molecule has 0 atom stereocenters. The van der Waals surface area contributed by atoms with Crippen molar-refractivity contribution in [2.45, 2.75) is 0 Å². The van der Waals surface area contributed by atoms with Gasteiger partial charge in [-0.25, -0.2) is 14.4 Å². The largest absolute Gasteiger partial charge is 0.369 e. The van der Waals surface area contributed by atoms with E-state index in [1.165, 1.54) is 16.8 Å². The van der Waals surface area contributed by atoms with Gasteiger partial charge in [0.15, 0.2) is 5.65 Å². The van der Waals surface area contributed by atoms with Crippen LogP contribution in [0.1, 0.15) is 0 Å². The van der Waals surface area contributed by atoms with E-state index in [-0.39, 0.29) is 11.6 Å². The normalized spacial score (nSPS) is 11.1. The van der Waals surface area contributed by atoms with Gasteiger partial charge >= 0.3 is 0 Å². The van der Waals surface area contributed by atoms with E-state index in [1.807, 2.05) is 0 Å². The standard InChI is InChI=1S/C12H7BrClFN4/c13-7-2-1-3-8(15)10(7)19-11-9(18-12(19)16)4-6(14)5-17-11/h1-5H,(H2,16,18). The Labute approximate surface area is 121 Å². The summed E-state index contributed by atoms with van der Waals surface area (Å²) >= 11 is 9.16. The van der Waals surface area contributed by atoms with E-state index in [4.69, 9.17) is 17.3 Å². The van der Waals surface area contributed by atoms with Crippen LogP contribution in [0.3, 0.4) is 0 Å². The van der Waals surface area contributed by atoms with Gasteiger partial charge in [-0.15, -0.1) is 0 Å². The zero-order valence-electron chi connectivity index (χ0n) is 9.44. The van der Waals surface area contributed by atoms with Crippen LogP contribution < -0.4 is 5.73 Å². The summed E-state index contributed by atoms with van der Waals surface area (Å²) in [6.45, 7) is 0. The Morgan fingerprint density at radius 2 is 2.16 bits per heavy atom. The van der Waals surface area contributed by atoms with Gasteiger partial charge in [-0.1, -0.05) is 17.7 Å². The zero-order chi connectivity index (χ0) is 13.6. The van der Waals surface area contributed by atoms with Crippen LogP contribution in [-0.4, -0.2) is 14.5 Å². The predicted octanol–water partition coefficient (Wildman–Crippen LogP) is 3.56. The number of benzene rings is 1. The number of anilines is 1. The third-order valence-electron chi connectivity index (χ3n) is 2.65. The third kappa shape index (κ3) is 1.97. The van der Waals surface area contributed by atoms with Crippen LogP contribution in [0, 0.1) is 5.82 Å². The molecule has 0 saturated carbocycles. The molecule has 0 aliphatic carbocycles. The molecule has 0 unspecified atom stereocenters. The van der Waals surface area contributed by atoms with Crippen LogP contribution in [0.2, 0.25) is 5.02 Å². The molecule has 0 spiro atoms. The third-order valence-corrected chi connectivity index (χ3v) is 3.50. The van der Waals surface area contributed by atoms with Crippen molar-refractivity contribution in [3.63, 3.8) is 0 Å². The van der Waals surface area contributed by atoms with Gasteiger partial charge < -0.3 is 5.73 Å². The molecule has 96 valence electrons. The van der Waals surface area contributed by atoms with Gasteiger partial charge in [0.25, 0.3) is 0 Å². The molecule has 1 aromatic carbocycles. The van der Waals surface area contributed by atoms with Crippen LogP contribution in [-0.2, 0) is 0 Å². The molecule has 4 nitrogen and oxygen atoms in total. The Morgan fingerprint density at radius 3 is 2.89 bits per heavy atom. The lowest BCUT2D eigenvalue weighted by Gasteiger charge is -2.09. The highest BCUT2D eigenvalue weighted by Crippen LogP contribution is 2.30. The number of hydrogen-bond donors (Lipinski definition) is 1. The molecule has 0 fully saturated rings. The summed E-state index contributed by atoms with van der Waals surface area (Å²) in [6, 6.07) is 6.30. The average Bonchev–Trinajstić information content (AvgIpc) is 2.65. The lowest BCUT2D eigenvalue weighted by molar-refractivity contribution is 0.618. The number of fused-ring (bicyclic) bond motifs is 1. The molecule has 2 N–H and O–H groups in total. The number of hydrogen-bond acceptors (Lipinski definition) is 3. The van der Waals surface area contributed by atoms with E-state index in [0.717, 1.165) is 0 Å². The molecule has 7 heteroatoms. The Bertz CT molecular complexity index is 766. The van der Waals surface area contributed by atoms with Crippen molar-refractivity contribution in [2.75, 3.05) is 5.73 Å². The summed E-state index contributed by atoms with van der Waals surface area (Å²) in [5.74, 6) is -0.271. The van der Waals surface area contributed by atoms with Crippen molar-refractivity contribution in [1.29, 1.82) is 0 Å². The van der Waals surface area contributed by atoms with Gasteiger partial charge in [0.05, 0.1) is 5.02 Å². The first-order chi connectivity index (χ1) is 9.08. The van der Waals surface area contributed by atoms with Crippen LogP contribution in [0.4, 0.5) is 10.3 Å². The number of halogens is 3. The Hall–Kier alpha value is -1.66. The van der Waals surface area contributed by atoms with E-state index < -0.39 is 5.82 Å². The average molecular weight is 342 g/mol. The SMILES string of the molecule is Nc1nc2cc(Cl)cnc2n1-c1c(F)cccc1Br. The van der Waals surface area contributed by atoms with Gasteiger partial charge in [0, 0.05) is 10.7 Å². The number of rotatable bonds is 1. The summed E-state index contributed by atoms with van der Waals surface area (Å²) in [5.41, 5.74) is 7.10. The van der Waals surface area contributed by atoms with E-state index in [0.29, 0.717) is 20.7 Å². The highest BCUT2D eigenvalue weighted by atomic mass is 79.9. The number of nitrogen functional groups attached to an aromatic ring is 1. The predicted molar refractivity (Wildman–Crippen MR) is 75.9 cm³/mol. The molecule has 0 aliphatic heterocycles. The molecule has 19 heavy (non-hydrogen) atoms. The molecule has 0 amide bonds. The lowest BCUT2D eigenvalue weighted by Crippen LogP contribution is -2.04. The van der Waals surface area contributed by atoms with E-state index in [9.17, 15) is 4.39 Å². The second-order valence-electron chi connectivity index (χ2n) is 3.87. The number of aromatic nitrogens is 3. The first kappa shape index (κ1) is 12.4. The topological polar surface area (TPSA) is 56.7 Å². The summed E-state index contributed by atoms with van der Waals surface area (Å²) in [6.07, 6.45) is 1.47. The summed E-state index contributed by atoms with van der Waals surface area (Å²) in [7, 11) is 0. The minimum absolute atomic E-state index is 0.149. The van der Waals surface area contributed by atoms with Gasteiger partial charge in [0.1, 0.15) is 17.0 Å². The Balaban J connectivity index is 2.40. The van der Waals surface area contributed by atoms with Crippen molar-refractivity contribution in [2.24, 2.45) is 0 Å². The van der Waals surface area contributed by atoms with Gasteiger partial charge in [-0.05, 0) is 34.1 Å². The molecular weight excluding hydrogens is 335 g/mol. The maximum absolute atomic E-state index is 14.0. The monoisotopic (exact) mass is 340 g/mol. The van der Waals surface area contributed by atoms with Crippen molar-refractivity contribution in [1.82, 2.24) is 14.5 Å². The Kier molecular flexibility index (Phi) is 2.91. The van der Waals surface area contributed by atoms with Crippen LogP contribution in [0.15, 0.2) is 34.9 Å². The maximum Gasteiger partial charge on any atom is 0.207 e. The number of nitrogens with two attached hydrogens (primary N) is 1. The van der Waals surface area contributed by atoms with Crippen molar-refractivity contribution < 1.29 is 4.39 Å². The fourth-order valence-corrected chi connectivity index (χ4v) is 2.55. The molecule has 3 rings (SSSR count). The molecule has 3 aromatic rings. The Morgan fingerprint density at radius 1 is 1.37 bits per heavy atom. The van der Waals surface area contributed by atoms with E-state index >= 15 is 0 Å². The lowest BCUT2D eigenvalue weighted by atomic mass is 10.3. The number of nitrogens with zero attached hydrogens (tertiary/aromatic N) is 3. The van der Waals surface area contributed by atoms with Crippen LogP contribution >= 0.6 is 27.5 Å². The molecule has 0 bridgehead atoms. The fourth-order valence-electron chi connectivity index (χ4n) is 1.88. The molecule has 0 radical (unpaired) electrons. The smallest absolute Gasteiger partial charge is 0.207 e.